The van der Waals surface area contributed by atoms with Gasteiger partial charge in [0, 0.05) is 11.1 Å². The molecular weight excluding hydrogens is 342 g/mol. The summed E-state index contributed by atoms with van der Waals surface area (Å²) in [7, 11) is 0. The van der Waals surface area contributed by atoms with E-state index in [-0.39, 0.29) is 24.8 Å². The van der Waals surface area contributed by atoms with E-state index < -0.39 is 5.97 Å². The molecule has 0 unspecified atom stereocenters. The Labute approximate surface area is 159 Å². The smallest absolute Gasteiger partial charge is 0.325 e. The second-order valence-corrected chi connectivity index (χ2v) is 6.76. The number of benzene rings is 2. The summed E-state index contributed by atoms with van der Waals surface area (Å²) in [4.78, 5) is 36.0. The Morgan fingerprint density at radius 3 is 2.33 bits per heavy atom. The molecule has 0 aromatic heterocycles. The van der Waals surface area contributed by atoms with Gasteiger partial charge in [0.1, 0.15) is 13.2 Å². The van der Waals surface area contributed by atoms with Crippen LogP contribution in [0.5, 0.6) is 0 Å². The highest BCUT2D eigenvalue weighted by molar-refractivity contribution is 5.97. The van der Waals surface area contributed by atoms with Crippen LogP contribution in [0, 0.1) is 27.7 Å². The van der Waals surface area contributed by atoms with E-state index in [9.17, 15) is 14.4 Å². The molecule has 1 N–H and O–H groups in total. The molecule has 5 nitrogen and oxygen atoms in total. The number of hydrogen-bond donors (Lipinski definition) is 1. The van der Waals surface area contributed by atoms with E-state index in [0.29, 0.717) is 11.1 Å². The van der Waals surface area contributed by atoms with Gasteiger partial charge in [-0.05, 0) is 69.0 Å². The van der Waals surface area contributed by atoms with Crippen LogP contribution in [0.3, 0.4) is 0 Å². The van der Waals surface area contributed by atoms with Crippen molar-refractivity contribution in [3.8, 4) is 0 Å². The first-order chi connectivity index (χ1) is 12.7. The van der Waals surface area contributed by atoms with Gasteiger partial charge in [0.15, 0.2) is 5.78 Å². The molecule has 0 spiro atoms. The molecule has 0 saturated carbocycles. The van der Waals surface area contributed by atoms with Crippen molar-refractivity contribution >= 4 is 17.7 Å². The van der Waals surface area contributed by atoms with E-state index in [4.69, 9.17) is 4.74 Å². The third kappa shape index (κ3) is 5.03. The SMILES string of the molecule is CC(=O)c1c(C)cc(C)c(COC(=O)CNC(=O)c2cccc(C)c2)c1C. The predicted molar refractivity (Wildman–Crippen MR) is 104 cm³/mol. The lowest BCUT2D eigenvalue weighted by Crippen LogP contribution is -2.30. The Balaban J connectivity index is 1.99. The van der Waals surface area contributed by atoms with Crippen LogP contribution in [-0.2, 0) is 16.1 Å². The van der Waals surface area contributed by atoms with Crippen LogP contribution in [-0.4, -0.2) is 24.2 Å². The van der Waals surface area contributed by atoms with Gasteiger partial charge in [-0.1, -0.05) is 23.8 Å². The van der Waals surface area contributed by atoms with Crippen molar-refractivity contribution in [3.63, 3.8) is 0 Å². The number of carbonyl (C=O) groups is 3. The monoisotopic (exact) mass is 367 g/mol. The van der Waals surface area contributed by atoms with Crippen LogP contribution in [0.15, 0.2) is 30.3 Å². The number of hydrogen-bond acceptors (Lipinski definition) is 4. The van der Waals surface area contributed by atoms with Gasteiger partial charge >= 0.3 is 5.97 Å². The molecule has 2 aromatic rings. The maximum atomic E-state index is 12.1. The van der Waals surface area contributed by atoms with E-state index in [1.54, 1.807) is 18.2 Å². The fourth-order valence-corrected chi connectivity index (χ4v) is 3.23. The maximum absolute atomic E-state index is 12.1. The zero-order valence-electron chi connectivity index (χ0n) is 16.4. The molecule has 2 rings (SSSR count). The molecule has 142 valence electrons. The number of amides is 1. The topological polar surface area (TPSA) is 72.5 Å². The first kappa shape index (κ1) is 20.4. The quantitative estimate of drug-likeness (QED) is 0.625. The normalized spacial score (nSPS) is 10.4. The van der Waals surface area contributed by atoms with Crippen LogP contribution in [0.1, 0.15) is 55.5 Å². The molecule has 0 aliphatic carbocycles. The maximum Gasteiger partial charge on any atom is 0.325 e. The standard InChI is InChI=1S/C22H25NO4/c1-13-7-6-8-18(9-13)22(26)23-11-20(25)27-12-19-14(2)10-15(3)21(16(19)4)17(5)24/h6-10H,11-12H2,1-5H3,(H,23,26). The van der Waals surface area contributed by atoms with Gasteiger partial charge < -0.3 is 10.1 Å². The van der Waals surface area contributed by atoms with Crippen molar-refractivity contribution in [1.29, 1.82) is 0 Å². The van der Waals surface area contributed by atoms with Crippen LogP contribution < -0.4 is 5.32 Å². The number of carbonyl (C=O) groups excluding carboxylic acids is 3. The van der Waals surface area contributed by atoms with Gasteiger partial charge in [-0.3, -0.25) is 14.4 Å². The van der Waals surface area contributed by atoms with Crippen LogP contribution >= 0.6 is 0 Å². The first-order valence-corrected chi connectivity index (χ1v) is 8.81. The van der Waals surface area contributed by atoms with Crippen molar-refractivity contribution in [2.45, 2.75) is 41.2 Å². The second kappa shape index (κ2) is 8.62. The molecule has 0 heterocycles. The van der Waals surface area contributed by atoms with E-state index >= 15 is 0 Å². The van der Waals surface area contributed by atoms with Crippen molar-refractivity contribution in [3.05, 3.63) is 69.3 Å². The number of aryl methyl sites for hydroxylation is 3. The molecule has 2 aromatic carbocycles. The van der Waals surface area contributed by atoms with Gasteiger partial charge in [-0.15, -0.1) is 0 Å². The highest BCUT2D eigenvalue weighted by Crippen LogP contribution is 2.23. The van der Waals surface area contributed by atoms with E-state index in [1.165, 1.54) is 6.92 Å². The summed E-state index contributed by atoms with van der Waals surface area (Å²) in [6.07, 6.45) is 0. The van der Waals surface area contributed by atoms with Crippen LogP contribution in [0.2, 0.25) is 0 Å². The third-order valence-electron chi connectivity index (χ3n) is 4.53. The Kier molecular flexibility index (Phi) is 6.50. The van der Waals surface area contributed by atoms with Crippen molar-refractivity contribution in [2.24, 2.45) is 0 Å². The van der Waals surface area contributed by atoms with Crippen molar-refractivity contribution in [1.82, 2.24) is 5.32 Å². The van der Waals surface area contributed by atoms with Crippen molar-refractivity contribution in [2.75, 3.05) is 6.54 Å². The Bertz CT molecular complexity index is 899. The molecule has 0 fully saturated rings. The number of esters is 1. The zero-order valence-corrected chi connectivity index (χ0v) is 16.4. The van der Waals surface area contributed by atoms with Crippen molar-refractivity contribution < 1.29 is 19.1 Å². The fourth-order valence-electron chi connectivity index (χ4n) is 3.23. The molecule has 1 amide bonds. The lowest BCUT2D eigenvalue weighted by Gasteiger charge is -2.16. The van der Waals surface area contributed by atoms with E-state index in [2.05, 4.69) is 5.32 Å². The largest absolute Gasteiger partial charge is 0.459 e. The lowest BCUT2D eigenvalue weighted by atomic mass is 9.92. The molecule has 0 bridgehead atoms. The van der Waals surface area contributed by atoms with Gasteiger partial charge in [0.2, 0.25) is 0 Å². The predicted octanol–water partition coefficient (Wildman–Crippen LogP) is 3.60. The highest BCUT2D eigenvalue weighted by atomic mass is 16.5. The molecule has 0 atom stereocenters. The number of nitrogens with one attached hydrogen (secondary N) is 1. The van der Waals surface area contributed by atoms with E-state index in [0.717, 1.165) is 27.8 Å². The summed E-state index contributed by atoms with van der Waals surface area (Å²) in [6, 6.07) is 9.05. The Morgan fingerprint density at radius 2 is 1.70 bits per heavy atom. The number of rotatable bonds is 6. The zero-order chi connectivity index (χ0) is 20.1. The van der Waals surface area contributed by atoms with Gasteiger partial charge in [-0.25, -0.2) is 0 Å². The summed E-state index contributed by atoms with van der Waals surface area (Å²) in [6.45, 7) is 8.96. The molecule has 5 heteroatoms. The lowest BCUT2D eigenvalue weighted by molar-refractivity contribution is -0.143. The molecule has 0 aliphatic heterocycles. The van der Waals surface area contributed by atoms with Gasteiger partial charge in [0.25, 0.3) is 5.91 Å². The summed E-state index contributed by atoms with van der Waals surface area (Å²) < 4.78 is 5.31. The molecule has 0 saturated heterocycles. The summed E-state index contributed by atoms with van der Waals surface area (Å²) in [5.74, 6) is -0.861. The van der Waals surface area contributed by atoms with Gasteiger partial charge in [0.05, 0.1) is 0 Å². The number of ether oxygens (including phenoxy) is 1. The second-order valence-electron chi connectivity index (χ2n) is 6.76. The average Bonchev–Trinajstić information content (AvgIpc) is 2.58. The third-order valence-corrected chi connectivity index (χ3v) is 4.53. The minimum Gasteiger partial charge on any atom is -0.459 e. The number of Topliss-reactive ketones (excluding diaryl/α,β-unsaturated/α-hetero) is 1. The molecule has 27 heavy (non-hydrogen) atoms. The Hall–Kier alpha value is -2.95. The molecular formula is C22H25NO4. The Morgan fingerprint density at radius 1 is 1.00 bits per heavy atom. The minimum atomic E-state index is -0.528. The molecule has 0 radical (unpaired) electrons. The van der Waals surface area contributed by atoms with E-state index in [1.807, 2.05) is 39.8 Å². The highest BCUT2D eigenvalue weighted by Gasteiger charge is 2.16. The summed E-state index contributed by atoms with van der Waals surface area (Å²) >= 11 is 0. The first-order valence-electron chi connectivity index (χ1n) is 8.81. The summed E-state index contributed by atoms with van der Waals surface area (Å²) in [5, 5.41) is 2.56. The number of ketones is 1. The van der Waals surface area contributed by atoms with Crippen LogP contribution in [0.25, 0.3) is 0 Å². The van der Waals surface area contributed by atoms with Crippen LogP contribution in [0.4, 0.5) is 0 Å². The molecule has 0 aliphatic rings. The fraction of sp³-hybridized carbons (Fsp3) is 0.318. The summed E-state index contributed by atoms with van der Waals surface area (Å²) in [5.41, 5.74) is 5.67. The van der Waals surface area contributed by atoms with Gasteiger partial charge in [-0.2, -0.15) is 0 Å². The minimum absolute atomic E-state index is 0.0111. The average molecular weight is 367 g/mol.